The molecule has 0 amide bonds. The predicted octanol–water partition coefficient (Wildman–Crippen LogP) is 1.16. The molecule has 156 valence electrons. The number of halogens is 1. The largest absolute Gasteiger partial charge is 0.394 e. The van der Waals surface area contributed by atoms with Gasteiger partial charge in [0.05, 0.1) is 6.61 Å². The molecule has 6 nitrogen and oxygen atoms in total. The Balaban J connectivity index is 1.55. The number of fused-ring (bicyclic) bond motifs is 1. The Morgan fingerprint density at radius 1 is 1.07 bits per heavy atom. The summed E-state index contributed by atoms with van der Waals surface area (Å²) in [6.07, 6.45) is -5.91. The third-order valence-corrected chi connectivity index (χ3v) is 5.98. The van der Waals surface area contributed by atoms with E-state index < -0.39 is 37.1 Å². The van der Waals surface area contributed by atoms with Crippen LogP contribution in [0.15, 0.2) is 36.4 Å². The lowest BCUT2D eigenvalue weighted by Crippen LogP contribution is -2.55. The van der Waals surface area contributed by atoms with Crippen molar-refractivity contribution in [1.82, 2.24) is 4.90 Å². The molecule has 1 saturated heterocycles. The second kappa shape index (κ2) is 8.10. The number of aliphatic hydroxyl groups is 4. The molecule has 0 radical (unpaired) electrons. The number of hydrogen-bond acceptors (Lipinski definition) is 6. The van der Waals surface area contributed by atoms with Crippen molar-refractivity contribution >= 4 is 0 Å². The molecule has 0 aromatic heterocycles. The van der Waals surface area contributed by atoms with Crippen LogP contribution in [0, 0.1) is 12.7 Å². The Labute approximate surface area is 168 Å². The molecule has 2 aliphatic rings. The van der Waals surface area contributed by atoms with Crippen LogP contribution in [0.5, 0.6) is 0 Å². The molecule has 2 heterocycles. The van der Waals surface area contributed by atoms with E-state index in [1.165, 1.54) is 6.07 Å². The summed E-state index contributed by atoms with van der Waals surface area (Å²) in [6, 6.07) is 10.8. The van der Waals surface area contributed by atoms with Gasteiger partial charge in [0, 0.05) is 25.2 Å². The van der Waals surface area contributed by atoms with E-state index in [1.807, 2.05) is 31.2 Å². The van der Waals surface area contributed by atoms with Gasteiger partial charge < -0.3 is 25.2 Å². The van der Waals surface area contributed by atoms with Gasteiger partial charge in [0.2, 0.25) is 0 Å². The third-order valence-electron chi connectivity index (χ3n) is 5.98. The zero-order valence-corrected chi connectivity index (χ0v) is 16.2. The fourth-order valence-electron chi connectivity index (χ4n) is 4.22. The topological polar surface area (TPSA) is 93.4 Å². The summed E-state index contributed by atoms with van der Waals surface area (Å²) in [5.41, 5.74) is 4.44. The molecule has 4 N–H and O–H groups in total. The lowest BCUT2D eigenvalue weighted by molar-refractivity contribution is -0.231. The van der Waals surface area contributed by atoms with Gasteiger partial charge in [-0.2, -0.15) is 0 Å². The molecule has 2 aliphatic heterocycles. The van der Waals surface area contributed by atoms with Gasteiger partial charge in [0.1, 0.15) is 36.3 Å². The number of aryl methyl sites for hydroxylation is 1. The van der Waals surface area contributed by atoms with Gasteiger partial charge in [-0.25, -0.2) is 4.39 Å². The molecule has 5 unspecified atom stereocenters. The average molecular weight is 403 g/mol. The highest BCUT2D eigenvalue weighted by atomic mass is 19.1. The van der Waals surface area contributed by atoms with Gasteiger partial charge in [-0.15, -0.1) is 0 Å². The normalized spacial score (nSPS) is 29.8. The van der Waals surface area contributed by atoms with Crippen LogP contribution < -0.4 is 0 Å². The van der Waals surface area contributed by atoms with Crippen LogP contribution in [0.3, 0.4) is 0 Å². The number of ether oxygens (including phenoxy) is 1. The van der Waals surface area contributed by atoms with Crippen LogP contribution in [-0.4, -0.2) is 56.3 Å². The van der Waals surface area contributed by atoms with Crippen molar-refractivity contribution in [3.05, 3.63) is 70.0 Å². The predicted molar refractivity (Wildman–Crippen MR) is 103 cm³/mol. The van der Waals surface area contributed by atoms with Crippen LogP contribution in [0.1, 0.15) is 33.9 Å². The van der Waals surface area contributed by atoms with Crippen molar-refractivity contribution in [2.45, 2.75) is 57.1 Å². The first-order valence-electron chi connectivity index (χ1n) is 9.77. The van der Waals surface area contributed by atoms with Crippen molar-refractivity contribution in [2.75, 3.05) is 6.61 Å². The van der Waals surface area contributed by atoms with Crippen LogP contribution in [0.25, 0.3) is 0 Å². The zero-order chi connectivity index (χ0) is 20.7. The quantitative estimate of drug-likeness (QED) is 0.612. The minimum absolute atomic E-state index is 0.184. The monoisotopic (exact) mass is 403 g/mol. The molecule has 2 aromatic rings. The van der Waals surface area contributed by atoms with E-state index in [2.05, 4.69) is 4.90 Å². The Hall–Kier alpha value is -1.87. The van der Waals surface area contributed by atoms with Crippen molar-refractivity contribution < 1.29 is 29.6 Å². The SMILES string of the molecule is Cc1ccc(C2OC(CO)C(O)C(O)C2O)cc1CN1Cc2cccc(F)c2C1. The summed E-state index contributed by atoms with van der Waals surface area (Å²) in [6.45, 7) is 3.32. The maximum Gasteiger partial charge on any atom is 0.128 e. The first-order valence-corrected chi connectivity index (χ1v) is 9.77. The standard InChI is InChI=1S/C22H26FNO5/c1-12-5-6-13(22-21(28)20(27)19(26)18(11-25)29-22)7-15(12)9-24-8-14-3-2-4-17(23)16(14)10-24/h2-7,18-22,25-28H,8-11H2,1H3. The summed E-state index contributed by atoms with van der Waals surface area (Å²) in [5, 5.41) is 39.9. The highest BCUT2D eigenvalue weighted by molar-refractivity contribution is 5.35. The highest BCUT2D eigenvalue weighted by Crippen LogP contribution is 2.34. The van der Waals surface area contributed by atoms with Gasteiger partial charge in [-0.05, 0) is 35.2 Å². The molecular formula is C22H26FNO5. The molecule has 4 rings (SSSR count). The number of nitrogens with zero attached hydrogens (tertiary/aromatic N) is 1. The van der Waals surface area contributed by atoms with Crippen LogP contribution in [0.4, 0.5) is 4.39 Å². The van der Waals surface area contributed by atoms with Crippen molar-refractivity contribution in [3.63, 3.8) is 0 Å². The maximum atomic E-state index is 14.0. The summed E-state index contributed by atoms with van der Waals surface area (Å²) in [5.74, 6) is -0.184. The van der Waals surface area contributed by atoms with Crippen molar-refractivity contribution in [1.29, 1.82) is 0 Å². The van der Waals surface area contributed by atoms with E-state index in [0.29, 0.717) is 25.2 Å². The van der Waals surface area contributed by atoms with E-state index >= 15 is 0 Å². The Morgan fingerprint density at radius 2 is 1.86 bits per heavy atom. The van der Waals surface area contributed by atoms with Crippen LogP contribution >= 0.6 is 0 Å². The van der Waals surface area contributed by atoms with Gasteiger partial charge in [0.15, 0.2) is 0 Å². The Kier molecular flexibility index (Phi) is 5.70. The number of rotatable bonds is 4. The average Bonchev–Trinajstić information content (AvgIpc) is 3.12. The first kappa shape index (κ1) is 20.4. The van der Waals surface area contributed by atoms with Gasteiger partial charge in [-0.3, -0.25) is 4.90 Å². The molecule has 0 bridgehead atoms. The molecule has 0 spiro atoms. The molecule has 2 aromatic carbocycles. The fourth-order valence-corrected chi connectivity index (χ4v) is 4.22. The summed E-state index contributed by atoms with van der Waals surface area (Å²) in [4.78, 5) is 2.15. The summed E-state index contributed by atoms with van der Waals surface area (Å²) in [7, 11) is 0. The van der Waals surface area contributed by atoms with E-state index in [9.17, 15) is 24.8 Å². The maximum absolute atomic E-state index is 14.0. The van der Waals surface area contributed by atoms with Crippen molar-refractivity contribution in [3.8, 4) is 0 Å². The molecule has 0 saturated carbocycles. The zero-order valence-electron chi connectivity index (χ0n) is 16.2. The lowest BCUT2D eigenvalue weighted by Gasteiger charge is -2.40. The van der Waals surface area contributed by atoms with Gasteiger partial charge in [0.25, 0.3) is 0 Å². The molecule has 7 heteroatoms. The molecule has 29 heavy (non-hydrogen) atoms. The number of benzene rings is 2. The summed E-state index contributed by atoms with van der Waals surface area (Å²) >= 11 is 0. The highest BCUT2D eigenvalue weighted by Gasteiger charge is 2.44. The molecular weight excluding hydrogens is 377 g/mol. The smallest absolute Gasteiger partial charge is 0.128 e. The van der Waals surface area contributed by atoms with E-state index in [-0.39, 0.29) is 5.82 Å². The van der Waals surface area contributed by atoms with E-state index in [0.717, 1.165) is 22.3 Å². The van der Waals surface area contributed by atoms with E-state index in [1.54, 1.807) is 6.07 Å². The summed E-state index contributed by atoms with van der Waals surface area (Å²) < 4.78 is 19.7. The van der Waals surface area contributed by atoms with Gasteiger partial charge in [-0.1, -0.05) is 30.3 Å². The van der Waals surface area contributed by atoms with Crippen LogP contribution in [0.2, 0.25) is 0 Å². The minimum Gasteiger partial charge on any atom is -0.394 e. The van der Waals surface area contributed by atoms with E-state index in [4.69, 9.17) is 4.74 Å². The first-order chi connectivity index (χ1) is 13.9. The third kappa shape index (κ3) is 3.82. The number of hydrogen-bond donors (Lipinski definition) is 4. The fraction of sp³-hybridized carbons (Fsp3) is 0.455. The van der Waals surface area contributed by atoms with Gasteiger partial charge >= 0.3 is 0 Å². The molecule has 5 atom stereocenters. The lowest BCUT2D eigenvalue weighted by atomic mass is 9.90. The minimum atomic E-state index is -1.41. The van der Waals surface area contributed by atoms with Crippen molar-refractivity contribution in [2.24, 2.45) is 0 Å². The Morgan fingerprint density at radius 3 is 2.59 bits per heavy atom. The van der Waals surface area contributed by atoms with Crippen LogP contribution in [-0.2, 0) is 24.4 Å². The molecule has 1 fully saturated rings. The molecule has 0 aliphatic carbocycles. The Bertz CT molecular complexity index is 890. The number of aliphatic hydroxyl groups excluding tert-OH is 4. The second-order valence-corrected chi connectivity index (χ2v) is 7.96. The second-order valence-electron chi connectivity index (χ2n) is 7.96.